The van der Waals surface area contributed by atoms with Crippen LogP contribution in [-0.4, -0.2) is 48.2 Å². The minimum Gasteiger partial charge on any atom is -0.444 e. The van der Waals surface area contributed by atoms with Crippen molar-refractivity contribution in [3.8, 4) is 0 Å². The van der Waals surface area contributed by atoms with E-state index < -0.39 is 0 Å². The van der Waals surface area contributed by atoms with Crippen molar-refractivity contribution < 1.29 is 9.53 Å². The number of nitrogens with zero attached hydrogens (tertiary/aromatic N) is 2. The summed E-state index contributed by atoms with van der Waals surface area (Å²) in [5, 5.41) is 0. The summed E-state index contributed by atoms with van der Waals surface area (Å²) in [5.74, 6) is 0.533. The van der Waals surface area contributed by atoms with E-state index in [2.05, 4.69) is 53.5 Å². The van der Waals surface area contributed by atoms with Gasteiger partial charge in [-0.05, 0) is 61.4 Å². The fraction of sp³-hybridized carbons (Fsp3) is 0.458. The molecule has 4 fully saturated rings. The van der Waals surface area contributed by atoms with E-state index in [1.165, 1.54) is 11.1 Å². The van der Waals surface area contributed by atoms with Crippen molar-refractivity contribution >= 4 is 6.09 Å². The highest BCUT2D eigenvalue weighted by molar-refractivity contribution is 5.71. The Hall–Kier alpha value is -2.33. The van der Waals surface area contributed by atoms with Gasteiger partial charge in [0.05, 0.1) is 6.04 Å². The first-order valence-electron chi connectivity index (χ1n) is 10.6. The van der Waals surface area contributed by atoms with Gasteiger partial charge in [0, 0.05) is 13.1 Å². The molecule has 0 N–H and O–H groups in total. The predicted octanol–water partition coefficient (Wildman–Crippen LogP) is 4.48. The van der Waals surface area contributed by atoms with Crippen LogP contribution in [0.15, 0.2) is 65.8 Å². The molecule has 1 aromatic carbocycles. The third-order valence-corrected chi connectivity index (χ3v) is 6.70. The van der Waals surface area contributed by atoms with Gasteiger partial charge in [-0.25, -0.2) is 4.79 Å². The Morgan fingerprint density at radius 1 is 1.07 bits per heavy atom. The summed E-state index contributed by atoms with van der Waals surface area (Å²) in [4.78, 5) is 17.7. The average molecular weight is 377 g/mol. The molecule has 4 nitrogen and oxygen atoms in total. The minimum atomic E-state index is -0.148. The smallest absolute Gasteiger partial charge is 0.410 e. The van der Waals surface area contributed by atoms with E-state index in [1.807, 2.05) is 11.0 Å². The SMILES string of the molecule is O=C(O[C@H]1CN2CCC1CC2)N1CCC2=CC=CCC=C2[C@@H]1c1ccccc1. The van der Waals surface area contributed by atoms with Crippen LogP contribution in [0.5, 0.6) is 0 Å². The Bertz CT molecular complexity index is 818. The van der Waals surface area contributed by atoms with Gasteiger partial charge in [-0.15, -0.1) is 0 Å². The summed E-state index contributed by atoms with van der Waals surface area (Å²) in [5.41, 5.74) is 3.76. The largest absolute Gasteiger partial charge is 0.444 e. The number of piperidine rings is 4. The van der Waals surface area contributed by atoms with Gasteiger partial charge < -0.3 is 4.74 Å². The van der Waals surface area contributed by atoms with E-state index in [9.17, 15) is 4.79 Å². The molecule has 0 saturated carbocycles. The lowest BCUT2D eigenvalue weighted by molar-refractivity contribution is -0.0464. The fourth-order valence-corrected chi connectivity index (χ4v) is 5.17. The quantitative estimate of drug-likeness (QED) is 0.763. The van der Waals surface area contributed by atoms with Crippen molar-refractivity contribution in [3.63, 3.8) is 0 Å². The Balaban J connectivity index is 1.42. The van der Waals surface area contributed by atoms with Crippen LogP contribution in [0.25, 0.3) is 0 Å². The van der Waals surface area contributed by atoms with Gasteiger partial charge in [0.1, 0.15) is 6.10 Å². The fourth-order valence-electron chi connectivity index (χ4n) is 5.17. The molecule has 1 aromatic rings. The highest BCUT2D eigenvalue weighted by Gasteiger charge is 2.40. The van der Waals surface area contributed by atoms with Crippen molar-refractivity contribution in [2.75, 3.05) is 26.2 Å². The van der Waals surface area contributed by atoms with Gasteiger partial charge in [0.25, 0.3) is 0 Å². The normalized spacial score (nSPS) is 31.5. The van der Waals surface area contributed by atoms with Crippen LogP contribution in [0.1, 0.15) is 37.3 Å². The van der Waals surface area contributed by atoms with E-state index in [1.54, 1.807) is 0 Å². The summed E-state index contributed by atoms with van der Waals surface area (Å²) >= 11 is 0. The second-order valence-electron chi connectivity index (χ2n) is 8.33. The van der Waals surface area contributed by atoms with Crippen LogP contribution < -0.4 is 0 Å². The lowest BCUT2D eigenvalue weighted by atomic mass is 9.85. The molecule has 0 radical (unpaired) electrons. The molecule has 4 heterocycles. The van der Waals surface area contributed by atoms with E-state index >= 15 is 0 Å². The third kappa shape index (κ3) is 3.30. The molecule has 4 heteroatoms. The first kappa shape index (κ1) is 17.7. The molecular weight excluding hydrogens is 348 g/mol. The minimum absolute atomic E-state index is 0.0492. The van der Waals surface area contributed by atoms with Crippen molar-refractivity contribution in [3.05, 3.63) is 71.3 Å². The second-order valence-corrected chi connectivity index (χ2v) is 8.33. The molecule has 28 heavy (non-hydrogen) atoms. The predicted molar refractivity (Wildman–Crippen MR) is 110 cm³/mol. The maximum absolute atomic E-state index is 13.3. The van der Waals surface area contributed by atoms with Crippen molar-refractivity contribution in [1.82, 2.24) is 9.80 Å². The first-order valence-corrected chi connectivity index (χ1v) is 10.6. The van der Waals surface area contributed by atoms with E-state index in [0.29, 0.717) is 12.5 Å². The molecular formula is C24H28N2O2. The second kappa shape index (κ2) is 7.59. The number of hydrogen-bond donors (Lipinski definition) is 0. The molecule has 2 atom stereocenters. The number of carbonyl (C=O) groups is 1. The van der Waals surface area contributed by atoms with Gasteiger partial charge in [0.2, 0.25) is 0 Å². The van der Waals surface area contributed by atoms with Gasteiger partial charge in [-0.2, -0.15) is 0 Å². The van der Waals surface area contributed by atoms with Gasteiger partial charge >= 0.3 is 6.09 Å². The Morgan fingerprint density at radius 3 is 2.64 bits per heavy atom. The summed E-state index contributed by atoms with van der Waals surface area (Å²) in [6, 6.07) is 10.3. The number of ether oxygens (including phenoxy) is 1. The topological polar surface area (TPSA) is 32.8 Å². The van der Waals surface area contributed by atoms with Crippen molar-refractivity contribution in [1.29, 1.82) is 0 Å². The number of likely N-dealkylation sites (tertiary alicyclic amines) is 1. The maximum Gasteiger partial charge on any atom is 0.410 e. The molecule has 1 aliphatic carbocycles. The molecule has 5 aliphatic rings. The number of allylic oxidation sites excluding steroid dienone is 4. The van der Waals surface area contributed by atoms with Crippen LogP contribution in [-0.2, 0) is 4.74 Å². The molecule has 6 rings (SSSR count). The van der Waals surface area contributed by atoms with Crippen LogP contribution >= 0.6 is 0 Å². The lowest BCUT2D eigenvalue weighted by Crippen LogP contribution is -2.53. The monoisotopic (exact) mass is 376 g/mol. The average Bonchev–Trinajstić information content (AvgIpc) is 3.00. The van der Waals surface area contributed by atoms with Gasteiger partial charge in [-0.1, -0.05) is 54.6 Å². The number of carbonyl (C=O) groups excluding carboxylic acids is 1. The number of rotatable bonds is 2. The Labute approximate surface area is 167 Å². The molecule has 0 unspecified atom stereocenters. The number of amides is 1. The highest BCUT2D eigenvalue weighted by atomic mass is 16.6. The zero-order valence-electron chi connectivity index (χ0n) is 16.3. The summed E-state index contributed by atoms with van der Waals surface area (Å²) in [6.07, 6.45) is 12.8. The van der Waals surface area contributed by atoms with E-state index in [0.717, 1.165) is 50.9 Å². The van der Waals surface area contributed by atoms with Crippen LogP contribution in [0, 0.1) is 5.92 Å². The zero-order chi connectivity index (χ0) is 18.9. The molecule has 0 spiro atoms. The third-order valence-electron chi connectivity index (χ3n) is 6.70. The Morgan fingerprint density at radius 2 is 1.89 bits per heavy atom. The maximum atomic E-state index is 13.3. The van der Waals surface area contributed by atoms with Crippen LogP contribution in [0.3, 0.4) is 0 Å². The van der Waals surface area contributed by atoms with Gasteiger partial charge in [0.15, 0.2) is 0 Å². The van der Waals surface area contributed by atoms with Crippen LogP contribution in [0.4, 0.5) is 4.79 Å². The highest BCUT2D eigenvalue weighted by Crippen LogP contribution is 2.41. The molecule has 2 bridgehead atoms. The first-order chi connectivity index (χ1) is 13.8. The number of hydrogen-bond acceptors (Lipinski definition) is 3. The number of benzene rings is 1. The molecule has 1 amide bonds. The molecule has 146 valence electrons. The summed E-state index contributed by atoms with van der Waals surface area (Å²) < 4.78 is 6.11. The van der Waals surface area contributed by atoms with Gasteiger partial charge in [-0.3, -0.25) is 9.80 Å². The van der Waals surface area contributed by atoms with Crippen LogP contribution in [0.2, 0.25) is 0 Å². The van der Waals surface area contributed by atoms with E-state index in [-0.39, 0.29) is 18.2 Å². The van der Waals surface area contributed by atoms with E-state index in [4.69, 9.17) is 4.74 Å². The molecule has 4 aliphatic heterocycles. The molecule has 4 saturated heterocycles. The van der Waals surface area contributed by atoms with Crippen molar-refractivity contribution in [2.24, 2.45) is 5.92 Å². The Kier molecular flexibility index (Phi) is 4.81. The summed E-state index contributed by atoms with van der Waals surface area (Å²) in [7, 11) is 0. The van der Waals surface area contributed by atoms with Crippen molar-refractivity contribution in [2.45, 2.75) is 37.8 Å². The summed E-state index contributed by atoms with van der Waals surface area (Å²) in [6.45, 7) is 3.92. The molecule has 0 aromatic heterocycles. The standard InChI is InChI=1S/C24H28N2O2/c27-24(28-22-17-25-14-11-19(22)12-15-25)26-16-13-18-7-3-2-6-10-21(18)23(26)20-8-4-1-5-9-20/h1-5,7-10,19,22-23H,6,11-17H2/t22-,23-/m0/s1. The zero-order valence-corrected chi connectivity index (χ0v) is 16.3. The lowest BCUT2D eigenvalue weighted by Gasteiger charge is -2.45. The number of fused-ring (bicyclic) bond motifs is 4.